The van der Waals surface area contributed by atoms with Gasteiger partial charge in [0.2, 0.25) is 5.91 Å². The Morgan fingerprint density at radius 3 is 2.48 bits per heavy atom. The van der Waals surface area contributed by atoms with Crippen LogP contribution in [0.3, 0.4) is 0 Å². The van der Waals surface area contributed by atoms with Crippen LogP contribution in [0.2, 0.25) is 5.02 Å². The summed E-state index contributed by atoms with van der Waals surface area (Å²) in [5.41, 5.74) is 6.11. The molecule has 3 rings (SSSR count). The molecule has 0 saturated heterocycles. The lowest BCUT2D eigenvalue weighted by Gasteiger charge is -2.13. The summed E-state index contributed by atoms with van der Waals surface area (Å²) >= 11 is 6.13. The number of hydrogen-bond donors (Lipinski definition) is 2. The van der Waals surface area contributed by atoms with Crippen molar-refractivity contribution in [3.05, 3.63) is 63.9 Å². The molecule has 0 atom stereocenters. The largest absolute Gasteiger partial charge is 0.495 e. The average molecular weight is 413 g/mol. The third kappa shape index (κ3) is 4.54. The van der Waals surface area contributed by atoms with Gasteiger partial charge in [0.1, 0.15) is 5.75 Å². The highest BCUT2D eigenvalue weighted by Crippen LogP contribution is 2.31. The second kappa shape index (κ2) is 8.57. The van der Waals surface area contributed by atoms with Crippen LogP contribution < -0.4 is 15.4 Å². The fraction of sp³-hybridized carbons (Fsp3) is 0.273. The molecular formula is C22H25ClN4O2. The number of aromatic nitrogens is 2. The van der Waals surface area contributed by atoms with E-state index in [4.69, 9.17) is 16.3 Å². The normalized spacial score (nSPS) is 10.7. The summed E-state index contributed by atoms with van der Waals surface area (Å²) in [6, 6.07) is 11.7. The van der Waals surface area contributed by atoms with Gasteiger partial charge in [0.05, 0.1) is 42.1 Å². The predicted molar refractivity (Wildman–Crippen MR) is 118 cm³/mol. The molecule has 0 unspecified atom stereocenters. The number of benzene rings is 2. The first kappa shape index (κ1) is 20.7. The van der Waals surface area contributed by atoms with Crippen molar-refractivity contribution in [3.8, 4) is 11.4 Å². The van der Waals surface area contributed by atoms with Gasteiger partial charge in [-0.2, -0.15) is 5.10 Å². The molecule has 0 spiro atoms. The second-order valence-electron chi connectivity index (χ2n) is 7.00. The standard InChI is InChI=1S/C22H25ClN4O2/c1-13-6-8-17(9-7-13)27-16(4)22(15(3)26-27)25-21(28)12-24-19-10-14(2)18(23)11-20(19)29-5/h6-11,24H,12H2,1-5H3,(H,25,28). The Morgan fingerprint density at radius 1 is 1.14 bits per heavy atom. The molecule has 1 heterocycles. The van der Waals surface area contributed by atoms with E-state index >= 15 is 0 Å². The van der Waals surface area contributed by atoms with Crippen LogP contribution in [0, 0.1) is 27.7 Å². The van der Waals surface area contributed by atoms with E-state index in [1.165, 1.54) is 5.56 Å². The number of aryl methyl sites for hydroxylation is 3. The average Bonchev–Trinajstić information content (AvgIpc) is 2.97. The summed E-state index contributed by atoms with van der Waals surface area (Å²) in [6.45, 7) is 7.85. The SMILES string of the molecule is COc1cc(Cl)c(C)cc1NCC(=O)Nc1c(C)nn(-c2ccc(C)cc2)c1C. The van der Waals surface area contributed by atoms with E-state index in [-0.39, 0.29) is 12.5 Å². The first-order valence-electron chi connectivity index (χ1n) is 9.31. The fourth-order valence-corrected chi connectivity index (χ4v) is 3.24. The lowest BCUT2D eigenvalue weighted by Crippen LogP contribution is -2.22. The van der Waals surface area contributed by atoms with Crippen molar-refractivity contribution in [1.82, 2.24) is 9.78 Å². The molecule has 152 valence electrons. The molecule has 6 nitrogen and oxygen atoms in total. The minimum Gasteiger partial charge on any atom is -0.495 e. The van der Waals surface area contributed by atoms with E-state index in [1.807, 2.05) is 62.7 Å². The minimum absolute atomic E-state index is 0.0893. The van der Waals surface area contributed by atoms with E-state index in [2.05, 4.69) is 15.7 Å². The highest BCUT2D eigenvalue weighted by molar-refractivity contribution is 6.31. The number of carbonyl (C=O) groups is 1. The van der Waals surface area contributed by atoms with Gasteiger partial charge in [0.15, 0.2) is 0 Å². The van der Waals surface area contributed by atoms with Crippen LogP contribution in [-0.4, -0.2) is 29.3 Å². The van der Waals surface area contributed by atoms with Crippen LogP contribution >= 0.6 is 11.6 Å². The van der Waals surface area contributed by atoms with Gasteiger partial charge in [-0.25, -0.2) is 4.68 Å². The molecule has 1 amide bonds. The maximum Gasteiger partial charge on any atom is 0.243 e. The number of ether oxygens (including phenoxy) is 1. The highest BCUT2D eigenvalue weighted by atomic mass is 35.5. The zero-order chi connectivity index (χ0) is 21.1. The van der Waals surface area contributed by atoms with Crippen LogP contribution in [0.25, 0.3) is 5.69 Å². The lowest BCUT2D eigenvalue weighted by molar-refractivity contribution is -0.114. The quantitative estimate of drug-likeness (QED) is 0.609. The summed E-state index contributed by atoms with van der Waals surface area (Å²) in [5.74, 6) is 0.419. The first-order valence-corrected chi connectivity index (χ1v) is 9.69. The molecule has 3 aromatic rings. The van der Waals surface area contributed by atoms with Crippen LogP contribution in [-0.2, 0) is 4.79 Å². The zero-order valence-electron chi connectivity index (χ0n) is 17.3. The zero-order valence-corrected chi connectivity index (χ0v) is 18.0. The molecule has 0 radical (unpaired) electrons. The van der Waals surface area contributed by atoms with Gasteiger partial charge in [-0.15, -0.1) is 0 Å². The van der Waals surface area contributed by atoms with Gasteiger partial charge >= 0.3 is 0 Å². The third-order valence-electron chi connectivity index (χ3n) is 4.75. The molecule has 0 aliphatic rings. The molecular weight excluding hydrogens is 388 g/mol. The molecule has 1 aromatic heterocycles. The summed E-state index contributed by atoms with van der Waals surface area (Å²) in [4.78, 5) is 12.6. The Bertz CT molecular complexity index is 1040. The number of carbonyl (C=O) groups excluding carboxylic acids is 1. The molecule has 0 aliphatic heterocycles. The lowest BCUT2D eigenvalue weighted by atomic mass is 10.2. The van der Waals surface area contributed by atoms with Crippen molar-refractivity contribution >= 4 is 28.9 Å². The van der Waals surface area contributed by atoms with Crippen LogP contribution in [0.15, 0.2) is 36.4 Å². The number of rotatable bonds is 6. The summed E-state index contributed by atoms with van der Waals surface area (Å²) in [6.07, 6.45) is 0. The Labute approximate surface area is 175 Å². The number of halogens is 1. The number of nitrogens with one attached hydrogen (secondary N) is 2. The van der Waals surface area contributed by atoms with Crippen molar-refractivity contribution in [2.24, 2.45) is 0 Å². The van der Waals surface area contributed by atoms with E-state index in [0.29, 0.717) is 16.5 Å². The minimum atomic E-state index is -0.172. The number of anilines is 2. The fourth-order valence-electron chi connectivity index (χ4n) is 3.09. The van der Waals surface area contributed by atoms with Crippen molar-refractivity contribution in [2.45, 2.75) is 27.7 Å². The van der Waals surface area contributed by atoms with Gasteiger partial charge in [-0.1, -0.05) is 29.3 Å². The van der Waals surface area contributed by atoms with E-state index in [9.17, 15) is 4.79 Å². The Morgan fingerprint density at radius 2 is 1.83 bits per heavy atom. The maximum atomic E-state index is 12.6. The topological polar surface area (TPSA) is 68.2 Å². The molecule has 2 N–H and O–H groups in total. The van der Waals surface area contributed by atoms with Gasteiger partial charge in [0, 0.05) is 11.1 Å². The summed E-state index contributed by atoms with van der Waals surface area (Å²) < 4.78 is 7.18. The Kier molecular flexibility index (Phi) is 6.13. The summed E-state index contributed by atoms with van der Waals surface area (Å²) in [5, 5.41) is 11.3. The van der Waals surface area contributed by atoms with Crippen molar-refractivity contribution in [2.75, 3.05) is 24.3 Å². The number of nitrogens with zero attached hydrogens (tertiary/aromatic N) is 2. The molecule has 0 aliphatic carbocycles. The Balaban J connectivity index is 1.73. The van der Waals surface area contributed by atoms with Crippen molar-refractivity contribution < 1.29 is 9.53 Å². The van der Waals surface area contributed by atoms with Crippen molar-refractivity contribution in [3.63, 3.8) is 0 Å². The smallest absolute Gasteiger partial charge is 0.243 e. The molecule has 29 heavy (non-hydrogen) atoms. The molecule has 7 heteroatoms. The molecule has 2 aromatic carbocycles. The van der Waals surface area contributed by atoms with Crippen LogP contribution in [0.5, 0.6) is 5.75 Å². The number of hydrogen-bond acceptors (Lipinski definition) is 4. The van der Waals surface area contributed by atoms with Gasteiger partial charge in [-0.3, -0.25) is 4.79 Å². The second-order valence-corrected chi connectivity index (χ2v) is 7.40. The molecule has 0 fully saturated rings. The highest BCUT2D eigenvalue weighted by Gasteiger charge is 2.16. The summed E-state index contributed by atoms with van der Waals surface area (Å²) in [7, 11) is 1.57. The monoisotopic (exact) mass is 412 g/mol. The van der Waals surface area contributed by atoms with Gasteiger partial charge < -0.3 is 15.4 Å². The van der Waals surface area contributed by atoms with Crippen LogP contribution in [0.1, 0.15) is 22.5 Å². The van der Waals surface area contributed by atoms with Crippen LogP contribution in [0.4, 0.5) is 11.4 Å². The Hall–Kier alpha value is -2.99. The van der Waals surface area contributed by atoms with Gasteiger partial charge in [0.25, 0.3) is 0 Å². The first-order chi connectivity index (χ1) is 13.8. The number of amides is 1. The molecule has 0 saturated carbocycles. The number of methoxy groups -OCH3 is 1. The van der Waals surface area contributed by atoms with E-state index < -0.39 is 0 Å². The van der Waals surface area contributed by atoms with E-state index in [1.54, 1.807) is 13.2 Å². The predicted octanol–water partition coefficient (Wildman–Crippen LogP) is 4.82. The molecule has 0 bridgehead atoms. The van der Waals surface area contributed by atoms with Gasteiger partial charge in [-0.05, 0) is 51.5 Å². The van der Waals surface area contributed by atoms with E-state index in [0.717, 1.165) is 28.3 Å². The van der Waals surface area contributed by atoms with Crippen molar-refractivity contribution in [1.29, 1.82) is 0 Å². The third-order valence-corrected chi connectivity index (χ3v) is 5.16. The maximum absolute atomic E-state index is 12.6.